The summed E-state index contributed by atoms with van der Waals surface area (Å²) in [5.74, 6) is -2.27. The zero-order valence-electron chi connectivity index (χ0n) is 10.5. The molecule has 0 aliphatic carbocycles. The number of nitrogens with one attached hydrogen (secondary N) is 2. The van der Waals surface area contributed by atoms with Gasteiger partial charge in [-0.2, -0.15) is 0 Å². The fourth-order valence-electron chi connectivity index (χ4n) is 1.95. The van der Waals surface area contributed by atoms with Gasteiger partial charge in [0.05, 0.1) is 5.56 Å². The van der Waals surface area contributed by atoms with Gasteiger partial charge < -0.3 is 15.4 Å². The fourth-order valence-corrected chi connectivity index (χ4v) is 1.95. The molecule has 1 aromatic heterocycles. The molecular weight excluding hydrogens is 251 g/mol. The molecular formula is C13H13FN2O3. The smallest absolute Gasteiger partial charge is 0.325 e. The first-order chi connectivity index (χ1) is 8.91. The Hall–Kier alpha value is -2.37. The number of aromatic amines is 1. The summed E-state index contributed by atoms with van der Waals surface area (Å²) in [5, 5.41) is 11.3. The highest BCUT2D eigenvalue weighted by Crippen LogP contribution is 2.24. The highest BCUT2D eigenvalue weighted by atomic mass is 19.1. The van der Waals surface area contributed by atoms with Crippen molar-refractivity contribution in [2.75, 3.05) is 0 Å². The normalized spacial score (nSPS) is 12.4. The average Bonchev–Trinajstić information content (AvgIpc) is 2.66. The van der Waals surface area contributed by atoms with E-state index in [0.717, 1.165) is 0 Å². The van der Waals surface area contributed by atoms with Crippen LogP contribution in [0.25, 0.3) is 10.9 Å². The van der Waals surface area contributed by atoms with Gasteiger partial charge in [-0.3, -0.25) is 9.59 Å². The molecule has 0 aliphatic rings. The first kappa shape index (κ1) is 13.1. The molecule has 0 radical (unpaired) electrons. The Morgan fingerprint density at radius 1 is 1.42 bits per heavy atom. The van der Waals surface area contributed by atoms with Crippen molar-refractivity contribution in [2.45, 2.75) is 19.9 Å². The van der Waals surface area contributed by atoms with Crippen LogP contribution in [0.3, 0.4) is 0 Å². The third-order valence-corrected chi connectivity index (χ3v) is 2.91. The summed E-state index contributed by atoms with van der Waals surface area (Å²) >= 11 is 0. The number of amides is 1. The van der Waals surface area contributed by atoms with Crippen molar-refractivity contribution in [1.29, 1.82) is 0 Å². The van der Waals surface area contributed by atoms with Crippen molar-refractivity contribution in [3.63, 3.8) is 0 Å². The number of carbonyl (C=O) groups is 2. The molecule has 0 aliphatic heterocycles. The second-order valence-corrected chi connectivity index (χ2v) is 4.32. The largest absolute Gasteiger partial charge is 0.480 e. The van der Waals surface area contributed by atoms with Gasteiger partial charge in [0, 0.05) is 16.6 Å². The molecule has 1 atom stereocenters. The molecule has 0 unspecified atom stereocenters. The first-order valence-corrected chi connectivity index (χ1v) is 5.72. The Kier molecular flexibility index (Phi) is 3.25. The molecule has 0 saturated carbocycles. The summed E-state index contributed by atoms with van der Waals surface area (Å²) in [6.07, 6.45) is 0. The topological polar surface area (TPSA) is 82.2 Å². The van der Waals surface area contributed by atoms with Crippen molar-refractivity contribution in [3.8, 4) is 0 Å². The Morgan fingerprint density at radius 3 is 2.74 bits per heavy atom. The van der Waals surface area contributed by atoms with E-state index < -0.39 is 23.7 Å². The molecule has 19 heavy (non-hydrogen) atoms. The number of carboxylic acid groups (broad SMARTS) is 1. The quantitative estimate of drug-likeness (QED) is 0.790. The number of halogens is 1. The SMILES string of the molecule is Cc1[nH]c2cccc(F)c2c1C(=O)N[C@@H](C)C(=O)O. The Balaban J connectivity index is 2.47. The lowest BCUT2D eigenvalue weighted by molar-refractivity contribution is -0.138. The number of hydrogen-bond acceptors (Lipinski definition) is 2. The van der Waals surface area contributed by atoms with E-state index in [-0.39, 0.29) is 10.9 Å². The fraction of sp³-hybridized carbons (Fsp3) is 0.231. The highest BCUT2D eigenvalue weighted by molar-refractivity contribution is 6.09. The number of carboxylic acids is 1. The molecule has 1 amide bonds. The van der Waals surface area contributed by atoms with Crippen LogP contribution in [-0.2, 0) is 4.79 Å². The highest BCUT2D eigenvalue weighted by Gasteiger charge is 2.22. The zero-order valence-corrected chi connectivity index (χ0v) is 10.5. The number of hydrogen-bond donors (Lipinski definition) is 3. The zero-order chi connectivity index (χ0) is 14.2. The Morgan fingerprint density at radius 2 is 2.11 bits per heavy atom. The standard InChI is InChI=1S/C13H13FN2O3/c1-6-10(12(17)16-7(2)13(18)19)11-8(14)4-3-5-9(11)15-6/h3-5,7,15H,1-2H3,(H,16,17)(H,18,19)/t7-/m0/s1. The number of aliphatic carboxylic acids is 1. The summed E-state index contributed by atoms with van der Waals surface area (Å²) in [7, 11) is 0. The second kappa shape index (κ2) is 4.72. The van der Waals surface area contributed by atoms with Crippen molar-refractivity contribution >= 4 is 22.8 Å². The van der Waals surface area contributed by atoms with Crippen LogP contribution < -0.4 is 5.32 Å². The van der Waals surface area contributed by atoms with E-state index in [1.165, 1.54) is 19.1 Å². The predicted molar refractivity (Wildman–Crippen MR) is 67.6 cm³/mol. The lowest BCUT2D eigenvalue weighted by atomic mass is 10.1. The summed E-state index contributed by atoms with van der Waals surface area (Å²) in [5.41, 5.74) is 1.14. The third kappa shape index (κ3) is 2.29. The summed E-state index contributed by atoms with van der Waals surface area (Å²) in [6.45, 7) is 2.99. The van der Waals surface area contributed by atoms with E-state index in [4.69, 9.17) is 5.11 Å². The lowest BCUT2D eigenvalue weighted by Crippen LogP contribution is -2.38. The molecule has 5 nitrogen and oxygen atoms in total. The van der Waals surface area contributed by atoms with Gasteiger partial charge in [-0.25, -0.2) is 4.39 Å². The molecule has 6 heteroatoms. The van der Waals surface area contributed by atoms with Crippen LogP contribution in [0.5, 0.6) is 0 Å². The van der Waals surface area contributed by atoms with E-state index in [1.807, 2.05) is 0 Å². The Labute approximate surface area is 108 Å². The van der Waals surface area contributed by atoms with E-state index in [9.17, 15) is 14.0 Å². The molecule has 1 aromatic carbocycles. The minimum Gasteiger partial charge on any atom is -0.480 e. The van der Waals surface area contributed by atoms with Gasteiger partial charge in [0.2, 0.25) is 0 Å². The summed E-state index contributed by atoms with van der Waals surface area (Å²) < 4.78 is 13.8. The van der Waals surface area contributed by atoms with Gasteiger partial charge >= 0.3 is 5.97 Å². The van der Waals surface area contributed by atoms with Crippen LogP contribution in [0.1, 0.15) is 23.0 Å². The number of rotatable bonds is 3. The van der Waals surface area contributed by atoms with Crippen molar-refractivity contribution < 1.29 is 19.1 Å². The van der Waals surface area contributed by atoms with Gasteiger partial charge in [-0.1, -0.05) is 6.07 Å². The van der Waals surface area contributed by atoms with Crippen LogP contribution in [0.15, 0.2) is 18.2 Å². The van der Waals surface area contributed by atoms with Gasteiger partial charge in [-0.15, -0.1) is 0 Å². The van der Waals surface area contributed by atoms with Gasteiger partial charge in [0.15, 0.2) is 0 Å². The molecule has 2 rings (SSSR count). The van der Waals surface area contributed by atoms with Gasteiger partial charge in [0.25, 0.3) is 5.91 Å². The number of benzene rings is 1. The molecule has 0 saturated heterocycles. The summed E-state index contributed by atoms with van der Waals surface area (Å²) in [6, 6.07) is 3.41. The van der Waals surface area contributed by atoms with E-state index >= 15 is 0 Å². The maximum Gasteiger partial charge on any atom is 0.325 e. The molecule has 1 heterocycles. The second-order valence-electron chi connectivity index (χ2n) is 4.32. The average molecular weight is 264 g/mol. The number of H-pyrrole nitrogens is 1. The molecule has 100 valence electrons. The predicted octanol–water partition coefficient (Wildman–Crippen LogP) is 1.82. The molecule has 2 aromatic rings. The van der Waals surface area contributed by atoms with Crippen LogP contribution in [0, 0.1) is 12.7 Å². The van der Waals surface area contributed by atoms with Crippen LogP contribution >= 0.6 is 0 Å². The third-order valence-electron chi connectivity index (χ3n) is 2.91. The van der Waals surface area contributed by atoms with Crippen molar-refractivity contribution in [3.05, 3.63) is 35.3 Å². The monoisotopic (exact) mass is 264 g/mol. The van der Waals surface area contributed by atoms with Crippen LogP contribution in [0.4, 0.5) is 4.39 Å². The molecule has 0 spiro atoms. The van der Waals surface area contributed by atoms with E-state index in [1.54, 1.807) is 13.0 Å². The van der Waals surface area contributed by atoms with Crippen LogP contribution in [0.2, 0.25) is 0 Å². The van der Waals surface area contributed by atoms with Gasteiger partial charge in [-0.05, 0) is 26.0 Å². The minimum atomic E-state index is -1.15. The number of aryl methyl sites for hydroxylation is 1. The molecule has 0 bridgehead atoms. The van der Waals surface area contributed by atoms with Crippen molar-refractivity contribution in [1.82, 2.24) is 10.3 Å². The molecule has 0 fully saturated rings. The number of aromatic nitrogens is 1. The number of fused-ring (bicyclic) bond motifs is 1. The number of carbonyl (C=O) groups excluding carboxylic acids is 1. The Bertz CT molecular complexity index is 663. The molecule has 3 N–H and O–H groups in total. The lowest BCUT2D eigenvalue weighted by Gasteiger charge is -2.09. The van der Waals surface area contributed by atoms with E-state index in [2.05, 4.69) is 10.3 Å². The van der Waals surface area contributed by atoms with E-state index in [0.29, 0.717) is 11.2 Å². The van der Waals surface area contributed by atoms with Crippen molar-refractivity contribution in [2.24, 2.45) is 0 Å². The summed E-state index contributed by atoms with van der Waals surface area (Å²) in [4.78, 5) is 25.7. The van der Waals surface area contributed by atoms with Gasteiger partial charge in [0.1, 0.15) is 11.9 Å². The first-order valence-electron chi connectivity index (χ1n) is 5.72. The minimum absolute atomic E-state index is 0.140. The van der Waals surface area contributed by atoms with Crippen LogP contribution in [-0.4, -0.2) is 28.0 Å². The maximum absolute atomic E-state index is 13.8. The maximum atomic E-state index is 13.8.